The van der Waals surface area contributed by atoms with E-state index in [9.17, 15) is 18.4 Å². The number of ether oxygens (including phenoxy) is 1. The maximum absolute atomic E-state index is 13.2. The molecule has 1 atom stereocenters. The Morgan fingerprint density at radius 1 is 1.25 bits per heavy atom. The molecule has 1 aliphatic heterocycles. The molecule has 0 radical (unpaired) electrons. The van der Waals surface area contributed by atoms with E-state index in [0.717, 1.165) is 12.1 Å². The Morgan fingerprint density at radius 3 is 2.58 bits per heavy atom. The van der Waals surface area contributed by atoms with Gasteiger partial charge in [0.05, 0.1) is 0 Å². The second kappa shape index (κ2) is 7.12. The van der Waals surface area contributed by atoms with Crippen LogP contribution in [0.5, 0.6) is 0 Å². The molecular weight excluding hydrogens is 320 g/mol. The zero-order valence-corrected chi connectivity index (χ0v) is 13.9. The third-order valence-electron chi connectivity index (χ3n) is 3.38. The van der Waals surface area contributed by atoms with Crippen LogP contribution in [0.2, 0.25) is 0 Å². The number of halogens is 2. The van der Waals surface area contributed by atoms with Crippen molar-refractivity contribution in [3.05, 3.63) is 29.8 Å². The predicted molar refractivity (Wildman–Crippen MR) is 84.1 cm³/mol. The van der Waals surface area contributed by atoms with Gasteiger partial charge in [-0.25, -0.2) is 18.6 Å². The van der Waals surface area contributed by atoms with Crippen molar-refractivity contribution in [1.82, 2.24) is 10.4 Å². The summed E-state index contributed by atoms with van der Waals surface area (Å²) in [5, 5.41) is 4.01. The topological polar surface area (TPSA) is 70.7 Å². The molecule has 2 amide bonds. The Balaban J connectivity index is 1.97. The molecule has 0 spiro atoms. The van der Waals surface area contributed by atoms with E-state index in [1.807, 2.05) is 0 Å². The van der Waals surface area contributed by atoms with Crippen molar-refractivity contribution in [2.45, 2.75) is 45.3 Å². The first-order valence-electron chi connectivity index (χ1n) is 7.68. The molecule has 1 heterocycles. The van der Waals surface area contributed by atoms with Crippen molar-refractivity contribution in [2.75, 3.05) is 11.9 Å². The summed E-state index contributed by atoms with van der Waals surface area (Å²) in [6.45, 7) is 5.71. The number of anilines is 1. The van der Waals surface area contributed by atoms with Gasteiger partial charge in [-0.15, -0.1) is 0 Å². The number of rotatable bonds is 3. The van der Waals surface area contributed by atoms with E-state index in [-0.39, 0.29) is 5.69 Å². The number of amides is 2. The molecule has 0 bridgehead atoms. The molecule has 24 heavy (non-hydrogen) atoms. The lowest BCUT2D eigenvalue weighted by atomic mass is 10.2. The van der Waals surface area contributed by atoms with Crippen LogP contribution in [0.15, 0.2) is 18.2 Å². The minimum Gasteiger partial charge on any atom is -0.443 e. The van der Waals surface area contributed by atoms with Gasteiger partial charge in [-0.2, -0.15) is 0 Å². The summed E-state index contributed by atoms with van der Waals surface area (Å²) in [4.78, 5) is 24.2. The minimum absolute atomic E-state index is 0.156. The fourth-order valence-corrected chi connectivity index (χ4v) is 2.39. The molecule has 6 nitrogen and oxygen atoms in total. The summed E-state index contributed by atoms with van der Waals surface area (Å²) < 4.78 is 31.3. The zero-order chi connectivity index (χ0) is 17.9. The molecule has 0 saturated carbocycles. The molecule has 1 aromatic rings. The summed E-state index contributed by atoms with van der Waals surface area (Å²) in [5.41, 5.74) is 2.06. The summed E-state index contributed by atoms with van der Waals surface area (Å²) >= 11 is 0. The average Bonchev–Trinajstić information content (AvgIpc) is 2.88. The summed E-state index contributed by atoms with van der Waals surface area (Å²) in [6.07, 6.45) is 0.604. The molecule has 1 aliphatic rings. The van der Waals surface area contributed by atoms with E-state index < -0.39 is 35.3 Å². The van der Waals surface area contributed by atoms with Crippen molar-refractivity contribution in [2.24, 2.45) is 0 Å². The third-order valence-corrected chi connectivity index (χ3v) is 3.38. The predicted octanol–water partition coefficient (Wildman–Crippen LogP) is 2.81. The van der Waals surface area contributed by atoms with Gasteiger partial charge in [0, 0.05) is 18.3 Å². The molecule has 1 fully saturated rings. The van der Waals surface area contributed by atoms with Gasteiger partial charge in [-0.05, 0) is 45.7 Å². The Bertz CT molecular complexity index is 631. The standard InChI is InChI=1S/C16H21F2N3O3/c1-16(2,3)24-15(23)20-21-8-4-5-13(21)14(22)19-10-6-7-11(17)12(18)9-10/h6-7,9,13H,4-5,8H2,1-3H3,(H,19,22)(H,20,23). The van der Waals surface area contributed by atoms with Gasteiger partial charge in [-0.1, -0.05) is 0 Å². The quantitative estimate of drug-likeness (QED) is 0.887. The molecular formula is C16H21F2N3O3. The van der Waals surface area contributed by atoms with Crippen molar-refractivity contribution in [1.29, 1.82) is 0 Å². The highest BCUT2D eigenvalue weighted by atomic mass is 19.2. The van der Waals surface area contributed by atoms with E-state index in [1.54, 1.807) is 20.8 Å². The Morgan fingerprint density at radius 2 is 1.96 bits per heavy atom. The van der Waals surface area contributed by atoms with Crippen LogP contribution < -0.4 is 10.7 Å². The van der Waals surface area contributed by atoms with E-state index >= 15 is 0 Å². The highest BCUT2D eigenvalue weighted by Gasteiger charge is 2.33. The smallest absolute Gasteiger partial charge is 0.422 e. The zero-order valence-electron chi connectivity index (χ0n) is 13.9. The first-order valence-corrected chi connectivity index (χ1v) is 7.68. The molecule has 2 rings (SSSR count). The van der Waals surface area contributed by atoms with E-state index in [1.165, 1.54) is 11.1 Å². The van der Waals surface area contributed by atoms with Crippen molar-refractivity contribution in [3.63, 3.8) is 0 Å². The van der Waals surface area contributed by atoms with E-state index in [2.05, 4.69) is 10.7 Å². The normalized spacial score (nSPS) is 18.3. The summed E-state index contributed by atoms with van der Waals surface area (Å²) in [5.74, 6) is -2.43. The molecule has 1 unspecified atom stereocenters. The van der Waals surface area contributed by atoms with E-state index in [4.69, 9.17) is 4.74 Å². The van der Waals surface area contributed by atoms with E-state index in [0.29, 0.717) is 19.4 Å². The Labute approximate surface area is 139 Å². The van der Waals surface area contributed by atoms with Crippen molar-refractivity contribution in [3.8, 4) is 0 Å². The molecule has 1 aromatic carbocycles. The summed E-state index contributed by atoms with van der Waals surface area (Å²) in [7, 11) is 0. The monoisotopic (exact) mass is 341 g/mol. The second-order valence-corrected chi connectivity index (χ2v) is 6.58. The van der Waals surface area contributed by atoms with Crippen LogP contribution in [-0.4, -0.2) is 35.2 Å². The molecule has 1 saturated heterocycles. The van der Waals surface area contributed by atoms with Crippen molar-refractivity contribution >= 4 is 17.7 Å². The number of nitrogens with one attached hydrogen (secondary N) is 2. The van der Waals surface area contributed by atoms with Crippen LogP contribution in [-0.2, 0) is 9.53 Å². The molecule has 0 aliphatic carbocycles. The third kappa shape index (κ3) is 4.89. The highest BCUT2D eigenvalue weighted by Crippen LogP contribution is 2.19. The lowest BCUT2D eigenvalue weighted by molar-refractivity contribution is -0.121. The number of hydrazine groups is 1. The fraction of sp³-hybridized carbons (Fsp3) is 0.500. The minimum atomic E-state index is -1.04. The molecule has 132 valence electrons. The Hall–Kier alpha value is -2.22. The SMILES string of the molecule is CC(C)(C)OC(=O)NN1CCCC1C(=O)Nc1ccc(F)c(F)c1. The van der Waals surface area contributed by atoms with Gasteiger partial charge in [-0.3, -0.25) is 10.2 Å². The number of hydrogen-bond donors (Lipinski definition) is 2. The number of carbonyl (C=O) groups is 2. The van der Waals surface area contributed by atoms with Crippen LogP contribution >= 0.6 is 0 Å². The van der Waals surface area contributed by atoms with Crippen LogP contribution in [0.25, 0.3) is 0 Å². The maximum atomic E-state index is 13.2. The Kier molecular flexibility index (Phi) is 5.38. The van der Waals surface area contributed by atoms with Crippen LogP contribution in [0.4, 0.5) is 19.3 Å². The lowest BCUT2D eigenvalue weighted by Crippen LogP contribution is -2.51. The lowest BCUT2D eigenvalue weighted by Gasteiger charge is -2.26. The molecule has 0 aromatic heterocycles. The maximum Gasteiger partial charge on any atom is 0.422 e. The highest BCUT2D eigenvalue weighted by molar-refractivity contribution is 5.95. The van der Waals surface area contributed by atoms with Crippen LogP contribution in [0, 0.1) is 11.6 Å². The van der Waals surface area contributed by atoms with Gasteiger partial charge < -0.3 is 10.1 Å². The van der Waals surface area contributed by atoms with Crippen LogP contribution in [0.3, 0.4) is 0 Å². The first-order chi connectivity index (χ1) is 11.2. The second-order valence-electron chi connectivity index (χ2n) is 6.58. The van der Waals surface area contributed by atoms with Gasteiger partial charge in [0.25, 0.3) is 0 Å². The summed E-state index contributed by atoms with van der Waals surface area (Å²) in [6, 6.07) is 2.52. The largest absolute Gasteiger partial charge is 0.443 e. The van der Waals surface area contributed by atoms with Gasteiger partial charge in [0.2, 0.25) is 5.91 Å². The number of benzene rings is 1. The van der Waals surface area contributed by atoms with Gasteiger partial charge >= 0.3 is 6.09 Å². The number of hydrogen-bond acceptors (Lipinski definition) is 4. The van der Waals surface area contributed by atoms with Gasteiger partial charge in [0.15, 0.2) is 11.6 Å². The fourth-order valence-electron chi connectivity index (χ4n) is 2.39. The van der Waals surface area contributed by atoms with Gasteiger partial charge in [0.1, 0.15) is 11.6 Å². The number of carbonyl (C=O) groups excluding carboxylic acids is 2. The first kappa shape index (κ1) is 18.1. The molecule has 2 N–H and O–H groups in total. The van der Waals surface area contributed by atoms with Crippen LogP contribution in [0.1, 0.15) is 33.6 Å². The average molecular weight is 341 g/mol. The molecule has 8 heteroatoms. The number of nitrogens with zero attached hydrogens (tertiary/aromatic N) is 1. The van der Waals surface area contributed by atoms with Crippen molar-refractivity contribution < 1.29 is 23.1 Å².